The maximum atomic E-state index is 13.2. The van der Waals surface area contributed by atoms with Crippen LogP contribution in [0.4, 0.5) is 5.69 Å². The number of aryl methyl sites for hydroxylation is 1. The molecular weight excluding hydrogens is 435 g/mol. The maximum Gasteiger partial charge on any atom is 0.246 e. The second kappa shape index (κ2) is 8.92. The Morgan fingerprint density at radius 3 is 2.52 bits per heavy atom. The van der Waals surface area contributed by atoms with E-state index in [0.717, 1.165) is 5.56 Å². The Balaban J connectivity index is 1.79. The lowest BCUT2D eigenvalue weighted by Crippen LogP contribution is -2.43. The molecule has 0 saturated carbocycles. The number of piperidine rings is 1. The summed E-state index contributed by atoms with van der Waals surface area (Å²) in [7, 11) is -2.36. The highest BCUT2D eigenvalue weighted by atomic mass is 35.5. The Morgan fingerprint density at radius 1 is 1.17 bits per heavy atom. The molecule has 1 heterocycles. The van der Waals surface area contributed by atoms with E-state index in [-0.39, 0.29) is 23.1 Å². The molecule has 6 nitrogen and oxygen atoms in total. The fourth-order valence-electron chi connectivity index (χ4n) is 3.37. The highest BCUT2D eigenvalue weighted by molar-refractivity contribution is 7.89. The summed E-state index contributed by atoms with van der Waals surface area (Å²) in [6, 6.07) is 9.79. The van der Waals surface area contributed by atoms with Crippen LogP contribution in [-0.4, -0.2) is 38.8 Å². The number of nitrogens with one attached hydrogen (secondary N) is 1. The minimum Gasteiger partial charge on any atom is -0.495 e. The van der Waals surface area contributed by atoms with E-state index in [1.807, 2.05) is 6.92 Å². The molecule has 1 saturated heterocycles. The van der Waals surface area contributed by atoms with Gasteiger partial charge < -0.3 is 10.1 Å². The largest absolute Gasteiger partial charge is 0.495 e. The third-order valence-corrected chi connectivity index (χ3v) is 7.14. The number of benzene rings is 2. The molecule has 0 spiro atoms. The fourth-order valence-corrected chi connectivity index (χ4v) is 5.66. The van der Waals surface area contributed by atoms with Crippen LogP contribution in [0.2, 0.25) is 10.0 Å². The lowest BCUT2D eigenvalue weighted by Gasteiger charge is -2.31. The first-order valence-electron chi connectivity index (χ1n) is 9.12. The molecule has 9 heteroatoms. The molecule has 1 amide bonds. The van der Waals surface area contributed by atoms with E-state index in [1.54, 1.807) is 36.4 Å². The average Bonchev–Trinajstić information content (AvgIpc) is 2.67. The summed E-state index contributed by atoms with van der Waals surface area (Å²) in [6.07, 6.45) is 1.18. The van der Waals surface area contributed by atoms with Crippen LogP contribution in [0.25, 0.3) is 0 Å². The first-order valence-corrected chi connectivity index (χ1v) is 11.3. The van der Waals surface area contributed by atoms with Crippen molar-refractivity contribution in [2.45, 2.75) is 24.7 Å². The lowest BCUT2D eigenvalue weighted by atomic mass is 9.99. The molecule has 1 fully saturated rings. The van der Waals surface area contributed by atoms with Crippen molar-refractivity contribution in [3.8, 4) is 5.75 Å². The number of ether oxygens (including phenoxy) is 1. The summed E-state index contributed by atoms with van der Waals surface area (Å²) in [5, 5.41) is 3.60. The van der Waals surface area contributed by atoms with Gasteiger partial charge in [0.1, 0.15) is 10.6 Å². The van der Waals surface area contributed by atoms with Crippen molar-refractivity contribution >= 4 is 44.8 Å². The van der Waals surface area contributed by atoms with Gasteiger partial charge in [-0.1, -0.05) is 29.3 Å². The van der Waals surface area contributed by atoms with E-state index in [0.29, 0.717) is 35.1 Å². The standard InChI is InChI=1S/C20H22Cl2N2O4S/c1-13-5-6-18(28-2)19(8-13)29(26,27)24-7-3-4-14(12-24)20(25)23-17-10-15(21)9-16(22)11-17/h5-6,8-11,14H,3-4,7,12H2,1-2H3,(H,23,25)/t14-/m1/s1. The van der Waals surface area contributed by atoms with Crippen LogP contribution in [0.1, 0.15) is 18.4 Å². The first kappa shape index (κ1) is 21.9. The van der Waals surface area contributed by atoms with E-state index in [2.05, 4.69) is 5.32 Å². The second-order valence-electron chi connectivity index (χ2n) is 7.00. The Bertz CT molecular complexity index is 1010. The van der Waals surface area contributed by atoms with Gasteiger partial charge in [-0.05, 0) is 55.7 Å². The van der Waals surface area contributed by atoms with Crippen LogP contribution in [0, 0.1) is 12.8 Å². The van der Waals surface area contributed by atoms with E-state index in [9.17, 15) is 13.2 Å². The predicted octanol–water partition coefficient (Wildman–Crippen LogP) is 4.35. The summed E-state index contributed by atoms with van der Waals surface area (Å²) in [4.78, 5) is 12.8. The Kier molecular flexibility index (Phi) is 6.73. The van der Waals surface area contributed by atoms with E-state index in [1.165, 1.54) is 11.4 Å². The van der Waals surface area contributed by atoms with Gasteiger partial charge in [0.15, 0.2) is 0 Å². The zero-order valence-electron chi connectivity index (χ0n) is 16.1. The maximum absolute atomic E-state index is 13.2. The van der Waals surface area contributed by atoms with Crippen molar-refractivity contribution in [1.29, 1.82) is 0 Å². The smallest absolute Gasteiger partial charge is 0.246 e. The van der Waals surface area contributed by atoms with Crippen LogP contribution in [0.15, 0.2) is 41.3 Å². The van der Waals surface area contributed by atoms with Gasteiger partial charge in [0.25, 0.3) is 0 Å². The molecule has 29 heavy (non-hydrogen) atoms. The molecule has 156 valence electrons. The minimum absolute atomic E-state index is 0.0968. The number of nitrogens with zero attached hydrogens (tertiary/aromatic N) is 1. The van der Waals surface area contributed by atoms with Crippen LogP contribution in [0.5, 0.6) is 5.75 Å². The second-order valence-corrected chi connectivity index (χ2v) is 9.78. The highest BCUT2D eigenvalue weighted by Crippen LogP contribution is 2.31. The Labute approximate surface area is 180 Å². The number of carbonyl (C=O) groups is 1. The molecule has 0 unspecified atom stereocenters. The number of methoxy groups -OCH3 is 1. The van der Waals surface area contributed by atoms with Gasteiger partial charge in [-0.3, -0.25) is 4.79 Å². The zero-order chi connectivity index (χ0) is 21.2. The number of halogens is 2. The van der Waals surface area contributed by atoms with Crippen LogP contribution < -0.4 is 10.1 Å². The number of amides is 1. The summed E-state index contributed by atoms with van der Waals surface area (Å²) in [5.41, 5.74) is 1.29. The monoisotopic (exact) mass is 456 g/mol. The van der Waals surface area contributed by atoms with Gasteiger partial charge in [-0.25, -0.2) is 8.42 Å². The van der Waals surface area contributed by atoms with Crippen LogP contribution >= 0.6 is 23.2 Å². The summed E-state index contributed by atoms with van der Waals surface area (Å²) >= 11 is 12.0. The fraction of sp³-hybridized carbons (Fsp3) is 0.350. The molecule has 0 aromatic heterocycles. The number of hydrogen-bond donors (Lipinski definition) is 1. The Hall–Kier alpha value is -1.80. The van der Waals surface area contributed by atoms with Crippen molar-refractivity contribution in [1.82, 2.24) is 4.31 Å². The number of anilines is 1. The molecule has 1 N–H and O–H groups in total. The third kappa shape index (κ3) is 5.04. The van der Waals surface area contributed by atoms with Gasteiger partial charge >= 0.3 is 0 Å². The lowest BCUT2D eigenvalue weighted by molar-refractivity contribution is -0.120. The quantitative estimate of drug-likeness (QED) is 0.725. The van der Waals surface area contributed by atoms with Crippen molar-refractivity contribution in [2.24, 2.45) is 5.92 Å². The number of carbonyl (C=O) groups excluding carboxylic acids is 1. The summed E-state index contributed by atoms with van der Waals surface area (Å²) in [6.45, 7) is 2.27. The molecule has 1 aliphatic heterocycles. The molecule has 0 radical (unpaired) electrons. The summed E-state index contributed by atoms with van der Waals surface area (Å²) in [5.74, 6) is -0.456. The number of hydrogen-bond acceptors (Lipinski definition) is 4. The van der Waals surface area contributed by atoms with Gasteiger partial charge in [-0.2, -0.15) is 4.31 Å². The van der Waals surface area contributed by atoms with Gasteiger partial charge in [0, 0.05) is 28.8 Å². The molecule has 0 aliphatic carbocycles. The van der Waals surface area contributed by atoms with Crippen molar-refractivity contribution in [3.63, 3.8) is 0 Å². The zero-order valence-corrected chi connectivity index (χ0v) is 18.4. The topological polar surface area (TPSA) is 75.7 Å². The number of sulfonamides is 1. The average molecular weight is 457 g/mol. The molecule has 3 rings (SSSR count). The third-order valence-electron chi connectivity index (χ3n) is 4.82. The molecule has 1 atom stereocenters. The van der Waals surface area contributed by atoms with Crippen molar-refractivity contribution in [2.75, 3.05) is 25.5 Å². The molecular formula is C20H22Cl2N2O4S. The van der Waals surface area contributed by atoms with Crippen molar-refractivity contribution < 1.29 is 17.9 Å². The molecule has 2 aromatic rings. The predicted molar refractivity (Wildman–Crippen MR) is 114 cm³/mol. The van der Waals surface area contributed by atoms with Gasteiger partial charge in [0.05, 0.1) is 13.0 Å². The van der Waals surface area contributed by atoms with Crippen LogP contribution in [-0.2, 0) is 14.8 Å². The highest BCUT2D eigenvalue weighted by Gasteiger charge is 2.35. The molecule has 0 bridgehead atoms. The molecule has 2 aromatic carbocycles. The summed E-state index contributed by atoms with van der Waals surface area (Å²) < 4.78 is 33.0. The molecule has 1 aliphatic rings. The normalized spacial score (nSPS) is 17.7. The SMILES string of the molecule is COc1ccc(C)cc1S(=O)(=O)N1CCC[C@@H](C(=O)Nc2cc(Cl)cc(Cl)c2)C1. The van der Waals surface area contributed by atoms with E-state index in [4.69, 9.17) is 27.9 Å². The van der Waals surface area contributed by atoms with Crippen molar-refractivity contribution in [3.05, 3.63) is 52.0 Å². The minimum atomic E-state index is -3.79. The first-order chi connectivity index (χ1) is 13.7. The van der Waals surface area contributed by atoms with Gasteiger partial charge in [0.2, 0.25) is 15.9 Å². The van der Waals surface area contributed by atoms with Gasteiger partial charge in [-0.15, -0.1) is 0 Å². The number of rotatable bonds is 5. The van der Waals surface area contributed by atoms with E-state index >= 15 is 0 Å². The Morgan fingerprint density at radius 2 is 1.86 bits per heavy atom. The van der Waals surface area contributed by atoms with E-state index < -0.39 is 15.9 Å². The van der Waals surface area contributed by atoms with Crippen LogP contribution in [0.3, 0.4) is 0 Å².